The number of hydrogen-bond acceptors (Lipinski definition) is 4. The number of carbonyl (C=O) groups is 3. The van der Waals surface area contributed by atoms with Crippen LogP contribution in [-0.4, -0.2) is 53.0 Å². The Bertz CT molecular complexity index is 1250. The van der Waals surface area contributed by atoms with Crippen LogP contribution in [0.5, 0.6) is 0 Å². The fraction of sp³-hybridized carbons (Fsp3) is 0.594. The smallest absolute Gasteiger partial charge is 0.246 e. The number of likely N-dealkylation sites (tertiary alicyclic amines) is 1. The minimum atomic E-state index is -1.15. The number of nitrogens with zero attached hydrogens (tertiary/aromatic N) is 1. The number of carbonyl (C=O) groups excluding carboxylic acids is 3. The second-order valence-electron chi connectivity index (χ2n) is 12.5. The fourth-order valence-corrected chi connectivity index (χ4v) is 7.93. The SMILES string of the molecule is C[C@@H]1[C@H](C)CCC[C@@H]1NC(=O)[C@@H]1N(CCC2=CCCCC2)C(=O)[C@@H]2[C@H](C(=O)Nc3cccc(Cl)c3)[C@@H]3C=C[C@]21O3. The van der Waals surface area contributed by atoms with Gasteiger partial charge < -0.3 is 20.3 Å². The number of amides is 3. The molecular formula is C32H40ClN3O4. The van der Waals surface area contributed by atoms with Crippen molar-refractivity contribution in [2.24, 2.45) is 23.7 Å². The van der Waals surface area contributed by atoms with E-state index in [1.807, 2.05) is 12.2 Å². The monoisotopic (exact) mass is 565 g/mol. The van der Waals surface area contributed by atoms with Gasteiger partial charge in [-0.05, 0) is 68.6 Å². The van der Waals surface area contributed by atoms with Crippen molar-refractivity contribution < 1.29 is 19.1 Å². The largest absolute Gasteiger partial charge is 0.359 e. The molecule has 0 radical (unpaired) electrons. The maximum absolute atomic E-state index is 14.2. The van der Waals surface area contributed by atoms with Crippen molar-refractivity contribution >= 4 is 35.0 Å². The predicted molar refractivity (Wildman–Crippen MR) is 155 cm³/mol. The van der Waals surface area contributed by atoms with Gasteiger partial charge in [0.25, 0.3) is 0 Å². The molecule has 8 atom stereocenters. The molecule has 40 heavy (non-hydrogen) atoms. The number of halogens is 1. The van der Waals surface area contributed by atoms with Gasteiger partial charge in [-0.3, -0.25) is 14.4 Å². The van der Waals surface area contributed by atoms with Crippen LogP contribution in [0.2, 0.25) is 5.02 Å². The lowest BCUT2D eigenvalue weighted by atomic mass is 9.73. The van der Waals surface area contributed by atoms with Crippen LogP contribution in [0.15, 0.2) is 48.1 Å². The van der Waals surface area contributed by atoms with Crippen molar-refractivity contribution in [2.75, 3.05) is 11.9 Å². The Balaban J connectivity index is 1.29. The third-order valence-electron chi connectivity index (χ3n) is 10.1. The molecule has 1 spiro atoms. The molecule has 8 heteroatoms. The number of hydrogen-bond donors (Lipinski definition) is 2. The van der Waals surface area contributed by atoms with E-state index in [1.54, 1.807) is 29.2 Å². The van der Waals surface area contributed by atoms with Gasteiger partial charge in [-0.15, -0.1) is 0 Å². The van der Waals surface area contributed by atoms with Crippen LogP contribution in [0.25, 0.3) is 0 Å². The van der Waals surface area contributed by atoms with E-state index in [-0.39, 0.29) is 23.8 Å². The van der Waals surface area contributed by atoms with Gasteiger partial charge in [0.2, 0.25) is 17.7 Å². The van der Waals surface area contributed by atoms with Gasteiger partial charge in [0.15, 0.2) is 0 Å². The van der Waals surface area contributed by atoms with Gasteiger partial charge in [0, 0.05) is 23.3 Å². The molecule has 3 heterocycles. The topological polar surface area (TPSA) is 87.7 Å². The summed E-state index contributed by atoms with van der Waals surface area (Å²) in [5.74, 6) is -1.21. The van der Waals surface area contributed by atoms with Crippen molar-refractivity contribution in [2.45, 2.75) is 89.0 Å². The first-order chi connectivity index (χ1) is 19.3. The van der Waals surface area contributed by atoms with E-state index in [9.17, 15) is 14.4 Å². The Morgan fingerprint density at radius 3 is 2.77 bits per heavy atom. The zero-order valence-electron chi connectivity index (χ0n) is 23.4. The molecule has 6 rings (SSSR count). The van der Waals surface area contributed by atoms with Crippen LogP contribution in [-0.2, 0) is 19.1 Å². The summed E-state index contributed by atoms with van der Waals surface area (Å²) in [7, 11) is 0. The lowest BCUT2D eigenvalue weighted by Gasteiger charge is -2.38. The number of ether oxygens (including phenoxy) is 1. The molecule has 0 unspecified atom stereocenters. The Hall–Kier alpha value is -2.64. The van der Waals surface area contributed by atoms with E-state index in [0.717, 1.165) is 38.5 Å². The number of fused-ring (bicyclic) bond motifs is 1. The summed E-state index contributed by atoms with van der Waals surface area (Å²) in [6, 6.07) is 6.23. The molecule has 2 bridgehead atoms. The van der Waals surface area contributed by atoms with E-state index in [4.69, 9.17) is 16.3 Å². The highest BCUT2D eigenvalue weighted by Crippen LogP contribution is 2.55. The molecule has 0 aromatic heterocycles. The zero-order chi connectivity index (χ0) is 28.0. The van der Waals surface area contributed by atoms with Crippen molar-refractivity contribution in [3.05, 3.63) is 53.1 Å². The van der Waals surface area contributed by atoms with E-state index < -0.39 is 29.6 Å². The van der Waals surface area contributed by atoms with Crippen LogP contribution in [0.3, 0.4) is 0 Å². The third kappa shape index (κ3) is 4.79. The third-order valence-corrected chi connectivity index (χ3v) is 10.3. The molecule has 5 aliphatic rings. The molecule has 2 aliphatic carbocycles. The Kier molecular flexibility index (Phi) is 7.55. The van der Waals surface area contributed by atoms with Crippen LogP contribution >= 0.6 is 11.6 Å². The van der Waals surface area contributed by atoms with E-state index >= 15 is 0 Å². The van der Waals surface area contributed by atoms with Crippen molar-refractivity contribution in [1.29, 1.82) is 0 Å². The van der Waals surface area contributed by atoms with Gasteiger partial charge in [-0.2, -0.15) is 0 Å². The molecule has 7 nitrogen and oxygen atoms in total. The second-order valence-corrected chi connectivity index (χ2v) is 12.9. The quantitative estimate of drug-likeness (QED) is 0.441. The highest BCUT2D eigenvalue weighted by Gasteiger charge is 2.72. The van der Waals surface area contributed by atoms with Crippen LogP contribution in [0.4, 0.5) is 5.69 Å². The number of nitrogens with one attached hydrogen (secondary N) is 2. The predicted octanol–water partition coefficient (Wildman–Crippen LogP) is 5.26. The minimum absolute atomic E-state index is 0.0641. The summed E-state index contributed by atoms with van der Waals surface area (Å²) >= 11 is 6.14. The zero-order valence-corrected chi connectivity index (χ0v) is 24.2. The Morgan fingerprint density at radius 2 is 2.00 bits per heavy atom. The molecular weight excluding hydrogens is 526 g/mol. The maximum atomic E-state index is 14.2. The first kappa shape index (κ1) is 27.5. The molecule has 3 amide bonds. The molecule has 214 valence electrons. The lowest BCUT2D eigenvalue weighted by molar-refractivity contribution is -0.141. The van der Waals surface area contributed by atoms with Crippen molar-refractivity contribution in [3.8, 4) is 0 Å². The van der Waals surface area contributed by atoms with Gasteiger partial charge in [0.1, 0.15) is 11.6 Å². The van der Waals surface area contributed by atoms with Crippen molar-refractivity contribution in [3.63, 3.8) is 0 Å². The summed E-state index contributed by atoms with van der Waals surface area (Å²) in [6.45, 7) is 4.90. The number of anilines is 1. The average molecular weight is 566 g/mol. The standard InChI is InChI=1S/C32H40ClN3O4/c1-19-8-6-13-24(20(19)2)35-30(38)28-32-16-14-25(40-32)26(29(37)34-23-12-7-11-22(33)18-23)27(32)31(39)36(28)17-15-21-9-4-3-5-10-21/h7,9,11-12,14,16,18-20,24-28H,3-6,8,10,13,15,17H2,1-2H3,(H,34,37)(H,35,38)/t19-,20-,24+,25+,26-,27+,28+,32+/m1/s1. The average Bonchev–Trinajstić information content (AvgIpc) is 3.58. The first-order valence-electron chi connectivity index (χ1n) is 15.0. The Morgan fingerprint density at radius 1 is 1.15 bits per heavy atom. The summed E-state index contributed by atoms with van der Waals surface area (Å²) in [5.41, 5.74) is 0.769. The number of allylic oxidation sites excluding steroid dienone is 1. The van der Waals surface area contributed by atoms with Crippen molar-refractivity contribution in [1.82, 2.24) is 10.2 Å². The molecule has 2 saturated heterocycles. The van der Waals surface area contributed by atoms with Gasteiger partial charge in [0.05, 0.1) is 17.9 Å². The summed E-state index contributed by atoms with van der Waals surface area (Å²) in [4.78, 5) is 43.7. The van der Waals surface area contributed by atoms with Crippen LogP contribution in [0.1, 0.15) is 65.2 Å². The van der Waals surface area contributed by atoms with Crippen LogP contribution in [0, 0.1) is 23.7 Å². The molecule has 1 aromatic carbocycles. The summed E-state index contributed by atoms with van der Waals surface area (Å²) in [5, 5.41) is 6.79. The molecule has 1 saturated carbocycles. The van der Waals surface area contributed by atoms with E-state index in [0.29, 0.717) is 29.1 Å². The fourth-order valence-electron chi connectivity index (χ4n) is 7.74. The summed E-state index contributed by atoms with van der Waals surface area (Å²) < 4.78 is 6.51. The molecule has 3 aliphatic heterocycles. The maximum Gasteiger partial charge on any atom is 0.246 e. The van der Waals surface area contributed by atoms with Gasteiger partial charge in [-0.1, -0.05) is 68.2 Å². The van der Waals surface area contributed by atoms with Gasteiger partial charge in [-0.25, -0.2) is 0 Å². The molecule has 1 aromatic rings. The number of benzene rings is 1. The Labute approximate surface area is 241 Å². The highest BCUT2D eigenvalue weighted by molar-refractivity contribution is 6.30. The minimum Gasteiger partial charge on any atom is -0.359 e. The number of rotatable bonds is 7. The molecule has 3 fully saturated rings. The summed E-state index contributed by atoms with van der Waals surface area (Å²) in [6.07, 6.45) is 13.9. The van der Waals surface area contributed by atoms with Crippen LogP contribution < -0.4 is 10.6 Å². The lowest BCUT2D eigenvalue weighted by Crippen LogP contribution is -2.58. The van der Waals surface area contributed by atoms with E-state index in [1.165, 1.54) is 18.4 Å². The highest BCUT2D eigenvalue weighted by atomic mass is 35.5. The molecule has 2 N–H and O–H groups in total. The second kappa shape index (κ2) is 11.0. The first-order valence-corrected chi connectivity index (χ1v) is 15.4. The normalized spacial score (nSPS) is 36.4. The van der Waals surface area contributed by atoms with E-state index in [2.05, 4.69) is 30.6 Å². The van der Waals surface area contributed by atoms with Gasteiger partial charge >= 0.3 is 0 Å².